The first-order valence-electron chi connectivity index (χ1n) is 6.34. The zero-order valence-corrected chi connectivity index (χ0v) is 11.3. The SMILES string of the molecule is CC1(C)CC(=O)c2cn3nc(CC(=O)O)nc3nc2C1. The van der Waals surface area contributed by atoms with Crippen LogP contribution < -0.4 is 0 Å². The molecule has 0 amide bonds. The molecule has 7 heteroatoms. The summed E-state index contributed by atoms with van der Waals surface area (Å²) >= 11 is 0. The Morgan fingerprint density at radius 3 is 2.85 bits per heavy atom. The van der Waals surface area contributed by atoms with Crippen LogP contribution in [-0.2, 0) is 17.6 Å². The minimum atomic E-state index is -0.997. The van der Waals surface area contributed by atoms with Gasteiger partial charge in [0.15, 0.2) is 11.6 Å². The molecule has 0 atom stereocenters. The number of carbonyl (C=O) groups is 2. The minimum Gasteiger partial charge on any atom is -0.481 e. The minimum absolute atomic E-state index is 0.0425. The van der Waals surface area contributed by atoms with E-state index in [4.69, 9.17) is 5.11 Å². The van der Waals surface area contributed by atoms with Crippen molar-refractivity contribution in [3.8, 4) is 0 Å². The van der Waals surface area contributed by atoms with Gasteiger partial charge in [-0.05, 0) is 11.8 Å². The molecule has 2 heterocycles. The maximum absolute atomic E-state index is 12.1. The van der Waals surface area contributed by atoms with Crippen LogP contribution in [0.3, 0.4) is 0 Å². The second kappa shape index (κ2) is 4.09. The molecule has 0 aromatic carbocycles. The number of nitrogens with zero attached hydrogens (tertiary/aromatic N) is 4. The zero-order chi connectivity index (χ0) is 14.5. The van der Waals surface area contributed by atoms with E-state index in [0.29, 0.717) is 29.9 Å². The van der Waals surface area contributed by atoms with Crippen LogP contribution in [-0.4, -0.2) is 36.4 Å². The van der Waals surface area contributed by atoms with Crippen LogP contribution in [0, 0.1) is 5.41 Å². The van der Waals surface area contributed by atoms with Crippen LogP contribution >= 0.6 is 0 Å². The van der Waals surface area contributed by atoms with E-state index in [2.05, 4.69) is 15.1 Å². The lowest BCUT2D eigenvalue weighted by Crippen LogP contribution is -2.28. The molecule has 0 radical (unpaired) electrons. The molecule has 0 aliphatic heterocycles. The maximum Gasteiger partial charge on any atom is 0.311 e. The topological polar surface area (TPSA) is 97.5 Å². The molecule has 0 saturated heterocycles. The van der Waals surface area contributed by atoms with Crippen molar-refractivity contribution in [3.63, 3.8) is 0 Å². The third-order valence-corrected chi connectivity index (χ3v) is 3.35. The summed E-state index contributed by atoms with van der Waals surface area (Å²) in [5.41, 5.74) is 1.16. The number of fused-ring (bicyclic) bond motifs is 2. The first-order chi connectivity index (χ1) is 9.34. The number of Topliss-reactive ketones (excluding diaryl/α,β-unsaturated/α-hetero) is 1. The molecule has 7 nitrogen and oxygen atoms in total. The normalized spacial score (nSPS) is 17.2. The number of carboxylic acids is 1. The molecule has 1 aliphatic rings. The molecule has 1 N–H and O–H groups in total. The Labute approximate surface area is 114 Å². The summed E-state index contributed by atoms with van der Waals surface area (Å²) in [5.74, 6) is -0.423. The summed E-state index contributed by atoms with van der Waals surface area (Å²) in [6.07, 6.45) is 2.52. The number of hydrogen-bond donors (Lipinski definition) is 1. The molecule has 0 saturated carbocycles. The molecule has 20 heavy (non-hydrogen) atoms. The Balaban J connectivity index is 2.10. The Hall–Kier alpha value is -2.31. The van der Waals surface area contributed by atoms with Gasteiger partial charge in [0, 0.05) is 12.6 Å². The van der Waals surface area contributed by atoms with Gasteiger partial charge < -0.3 is 5.11 Å². The summed E-state index contributed by atoms with van der Waals surface area (Å²) < 4.78 is 1.38. The predicted octanol–water partition coefficient (Wildman–Crippen LogP) is 0.907. The Kier molecular flexibility index (Phi) is 2.60. The van der Waals surface area contributed by atoms with Gasteiger partial charge in [-0.2, -0.15) is 4.98 Å². The van der Waals surface area contributed by atoms with E-state index in [9.17, 15) is 9.59 Å². The molecule has 3 rings (SSSR count). The highest BCUT2D eigenvalue weighted by molar-refractivity contribution is 5.98. The van der Waals surface area contributed by atoms with Crippen molar-refractivity contribution in [3.05, 3.63) is 23.3 Å². The Morgan fingerprint density at radius 2 is 2.15 bits per heavy atom. The lowest BCUT2D eigenvalue weighted by Gasteiger charge is -2.28. The fourth-order valence-corrected chi connectivity index (χ4v) is 2.52. The summed E-state index contributed by atoms with van der Waals surface area (Å²) in [5, 5.41) is 12.8. The van der Waals surface area contributed by atoms with Crippen molar-refractivity contribution in [2.45, 2.75) is 33.1 Å². The van der Waals surface area contributed by atoms with Crippen LogP contribution in [0.5, 0.6) is 0 Å². The number of rotatable bonds is 2. The molecule has 0 bridgehead atoms. The maximum atomic E-state index is 12.1. The van der Waals surface area contributed by atoms with Crippen molar-refractivity contribution >= 4 is 17.5 Å². The molecule has 1 aliphatic carbocycles. The van der Waals surface area contributed by atoms with Crippen LogP contribution in [0.1, 0.15) is 42.1 Å². The number of ketones is 1. The monoisotopic (exact) mass is 274 g/mol. The van der Waals surface area contributed by atoms with Crippen molar-refractivity contribution in [1.29, 1.82) is 0 Å². The lowest BCUT2D eigenvalue weighted by molar-refractivity contribution is -0.136. The van der Waals surface area contributed by atoms with Crippen molar-refractivity contribution < 1.29 is 14.7 Å². The number of carboxylic acid groups (broad SMARTS) is 1. The lowest BCUT2D eigenvalue weighted by atomic mass is 9.76. The van der Waals surface area contributed by atoms with Gasteiger partial charge >= 0.3 is 5.97 Å². The van der Waals surface area contributed by atoms with Gasteiger partial charge in [0.25, 0.3) is 5.78 Å². The van der Waals surface area contributed by atoms with Gasteiger partial charge in [-0.25, -0.2) is 9.50 Å². The standard InChI is InChI=1S/C13H14N4O3/c1-13(2)4-8-7(9(18)5-13)6-17-12(14-8)15-10(16-17)3-11(19)20/h6H,3-5H2,1-2H3,(H,19,20). The highest BCUT2D eigenvalue weighted by Crippen LogP contribution is 2.33. The van der Waals surface area contributed by atoms with E-state index in [1.165, 1.54) is 4.52 Å². The van der Waals surface area contributed by atoms with Crippen LogP contribution in [0.2, 0.25) is 0 Å². The fraction of sp³-hybridized carbons (Fsp3) is 0.462. The first-order valence-corrected chi connectivity index (χ1v) is 6.34. The van der Waals surface area contributed by atoms with Crippen molar-refractivity contribution in [1.82, 2.24) is 19.6 Å². The van der Waals surface area contributed by atoms with Crippen LogP contribution in [0.25, 0.3) is 5.78 Å². The first kappa shape index (κ1) is 12.7. The largest absolute Gasteiger partial charge is 0.481 e. The van der Waals surface area contributed by atoms with Gasteiger partial charge in [0.2, 0.25) is 0 Å². The van der Waals surface area contributed by atoms with Crippen molar-refractivity contribution in [2.24, 2.45) is 5.41 Å². The van der Waals surface area contributed by atoms with E-state index < -0.39 is 5.97 Å². The molecule has 2 aromatic heterocycles. The van der Waals surface area contributed by atoms with E-state index >= 15 is 0 Å². The number of carbonyl (C=O) groups excluding carboxylic acids is 1. The van der Waals surface area contributed by atoms with E-state index in [1.807, 2.05) is 13.8 Å². The van der Waals surface area contributed by atoms with E-state index in [1.54, 1.807) is 6.20 Å². The molecular weight excluding hydrogens is 260 g/mol. The molecule has 0 unspecified atom stereocenters. The molecular formula is C13H14N4O3. The third-order valence-electron chi connectivity index (χ3n) is 3.35. The molecule has 2 aromatic rings. The molecule has 0 spiro atoms. The second-order valence-corrected chi connectivity index (χ2v) is 5.89. The van der Waals surface area contributed by atoms with Crippen molar-refractivity contribution in [2.75, 3.05) is 0 Å². The van der Waals surface area contributed by atoms with E-state index in [-0.39, 0.29) is 23.4 Å². The molecule has 0 fully saturated rings. The average Bonchev–Trinajstić information content (AvgIpc) is 2.65. The van der Waals surface area contributed by atoms with Crippen LogP contribution in [0.4, 0.5) is 0 Å². The fourth-order valence-electron chi connectivity index (χ4n) is 2.52. The van der Waals surface area contributed by atoms with E-state index in [0.717, 1.165) is 0 Å². The summed E-state index contributed by atoms with van der Waals surface area (Å²) in [7, 11) is 0. The van der Waals surface area contributed by atoms with Gasteiger partial charge in [-0.15, -0.1) is 5.10 Å². The summed E-state index contributed by atoms with van der Waals surface area (Å²) in [4.78, 5) is 31.3. The third kappa shape index (κ3) is 2.15. The summed E-state index contributed by atoms with van der Waals surface area (Å²) in [6.45, 7) is 4.05. The Bertz CT molecular complexity index is 733. The van der Waals surface area contributed by atoms with Gasteiger partial charge in [-0.3, -0.25) is 9.59 Å². The predicted molar refractivity (Wildman–Crippen MR) is 68.6 cm³/mol. The molecule has 104 valence electrons. The highest BCUT2D eigenvalue weighted by Gasteiger charge is 2.32. The average molecular weight is 274 g/mol. The highest BCUT2D eigenvalue weighted by atomic mass is 16.4. The Morgan fingerprint density at radius 1 is 1.40 bits per heavy atom. The number of aliphatic carboxylic acids is 1. The number of aromatic nitrogens is 4. The second-order valence-electron chi connectivity index (χ2n) is 5.89. The van der Waals surface area contributed by atoms with Gasteiger partial charge in [-0.1, -0.05) is 13.8 Å². The van der Waals surface area contributed by atoms with Gasteiger partial charge in [0.05, 0.1) is 11.3 Å². The quantitative estimate of drug-likeness (QED) is 0.874. The zero-order valence-electron chi connectivity index (χ0n) is 11.3. The summed E-state index contributed by atoms with van der Waals surface area (Å²) in [6, 6.07) is 0. The van der Waals surface area contributed by atoms with Crippen LogP contribution in [0.15, 0.2) is 6.20 Å². The number of hydrogen-bond acceptors (Lipinski definition) is 5. The smallest absolute Gasteiger partial charge is 0.311 e. The van der Waals surface area contributed by atoms with Gasteiger partial charge in [0.1, 0.15) is 6.42 Å².